The van der Waals surface area contributed by atoms with Crippen molar-refractivity contribution in [1.29, 1.82) is 0 Å². The monoisotopic (exact) mass is 477 g/mol. The van der Waals surface area contributed by atoms with Gasteiger partial charge in [-0.05, 0) is 67.3 Å². The Balaban J connectivity index is 1.56. The molecular weight excluding hydrogens is 452 g/mol. The summed E-state index contributed by atoms with van der Waals surface area (Å²) in [6.07, 6.45) is 1.08. The molecule has 3 N–H and O–H groups in total. The maximum Gasteiger partial charge on any atom is 0.336 e. The van der Waals surface area contributed by atoms with Gasteiger partial charge >= 0.3 is 5.63 Å². The summed E-state index contributed by atoms with van der Waals surface area (Å²) >= 11 is 0. The highest BCUT2D eigenvalue weighted by molar-refractivity contribution is 5.90. The van der Waals surface area contributed by atoms with Crippen LogP contribution in [0.25, 0.3) is 21.9 Å². The minimum atomic E-state index is -1.45. The summed E-state index contributed by atoms with van der Waals surface area (Å²) in [5.74, 6) is -1.69. The number of carboxylic acids is 1. The average molecular weight is 477 g/mol. The first kappa shape index (κ1) is 23.9. The molecule has 0 spiro atoms. The van der Waals surface area contributed by atoms with E-state index in [1.54, 1.807) is 31.3 Å². The van der Waals surface area contributed by atoms with Crippen LogP contribution in [-0.2, 0) is 22.4 Å². The predicted molar refractivity (Wildman–Crippen MR) is 127 cm³/mol. The molecule has 0 aliphatic heterocycles. The standard InChI is InChI=1S/C26H26N2O7/c1-4-15-10-23(30)35-22-8-13(2)7-21(24(15)22)34-14(3)25(31)28-20(26(32)33)9-16-12-27-19-6-5-17(29)11-18(16)19/h5-8,10-12,14,20,27,29H,4,9H2,1-3H3,(H,28,31)(H,32,33)/p-1/t14-,20-/m1/s1. The number of nitrogens with one attached hydrogen (secondary N) is 2. The van der Waals surface area contributed by atoms with E-state index in [-0.39, 0.29) is 12.2 Å². The highest BCUT2D eigenvalue weighted by Crippen LogP contribution is 2.31. The topological polar surface area (TPSA) is 145 Å². The van der Waals surface area contributed by atoms with Crippen molar-refractivity contribution in [3.8, 4) is 11.5 Å². The van der Waals surface area contributed by atoms with Gasteiger partial charge in [0.2, 0.25) is 0 Å². The van der Waals surface area contributed by atoms with Crippen molar-refractivity contribution in [2.75, 3.05) is 0 Å². The summed E-state index contributed by atoms with van der Waals surface area (Å²) in [5, 5.41) is 25.3. The smallest absolute Gasteiger partial charge is 0.336 e. The van der Waals surface area contributed by atoms with Crippen molar-refractivity contribution in [1.82, 2.24) is 10.3 Å². The number of hydrogen-bond acceptors (Lipinski definition) is 7. The number of amides is 1. The molecule has 2 aromatic heterocycles. The van der Waals surface area contributed by atoms with Gasteiger partial charge in [-0.3, -0.25) is 4.79 Å². The van der Waals surface area contributed by atoms with Crippen molar-refractivity contribution in [2.24, 2.45) is 0 Å². The van der Waals surface area contributed by atoms with Gasteiger partial charge in [0.15, 0.2) is 6.10 Å². The van der Waals surface area contributed by atoms with Crippen LogP contribution in [0.2, 0.25) is 0 Å². The van der Waals surface area contributed by atoms with E-state index in [9.17, 15) is 24.6 Å². The summed E-state index contributed by atoms with van der Waals surface area (Å²) in [6, 6.07) is 8.24. The highest BCUT2D eigenvalue weighted by atomic mass is 16.5. The molecule has 0 aliphatic rings. The number of phenolic OH excluding ortho intramolecular Hbond substituents is 1. The van der Waals surface area contributed by atoms with Crippen LogP contribution in [0.1, 0.15) is 30.5 Å². The number of ether oxygens (including phenoxy) is 1. The molecule has 0 fully saturated rings. The second kappa shape index (κ2) is 9.54. The fourth-order valence-electron chi connectivity index (χ4n) is 4.12. The summed E-state index contributed by atoms with van der Waals surface area (Å²) in [5.41, 5.74) is 2.70. The van der Waals surface area contributed by atoms with Gasteiger partial charge in [0.05, 0.1) is 17.4 Å². The predicted octanol–water partition coefficient (Wildman–Crippen LogP) is 2.10. The lowest BCUT2D eigenvalue weighted by molar-refractivity contribution is -0.308. The molecule has 182 valence electrons. The van der Waals surface area contributed by atoms with Crippen LogP contribution >= 0.6 is 0 Å². The van der Waals surface area contributed by atoms with E-state index in [0.717, 1.165) is 11.1 Å². The molecular formula is C26H25N2O7-. The van der Waals surface area contributed by atoms with Crippen molar-refractivity contribution in [2.45, 2.75) is 45.8 Å². The summed E-state index contributed by atoms with van der Waals surface area (Å²) in [7, 11) is 0. The van der Waals surface area contributed by atoms with Crippen LogP contribution in [0.5, 0.6) is 11.5 Å². The first-order valence-corrected chi connectivity index (χ1v) is 11.2. The largest absolute Gasteiger partial charge is 0.548 e. The molecule has 4 aromatic rings. The van der Waals surface area contributed by atoms with Crippen LogP contribution in [0.3, 0.4) is 0 Å². The average Bonchev–Trinajstić information content (AvgIpc) is 3.19. The molecule has 35 heavy (non-hydrogen) atoms. The SMILES string of the molecule is CCc1cc(=O)oc2cc(C)cc(O[C@H](C)C(=O)N[C@H](Cc3c[nH]c4ccc(O)cc34)C(=O)[O-])c12. The number of carbonyl (C=O) groups is 2. The lowest BCUT2D eigenvalue weighted by Gasteiger charge is -2.23. The summed E-state index contributed by atoms with van der Waals surface area (Å²) < 4.78 is 11.3. The molecule has 0 unspecified atom stereocenters. The van der Waals surface area contributed by atoms with E-state index in [1.165, 1.54) is 25.1 Å². The van der Waals surface area contributed by atoms with Crippen molar-refractivity contribution >= 4 is 33.7 Å². The van der Waals surface area contributed by atoms with Gasteiger partial charge in [-0.15, -0.1) is 0 Å². The van der Waals surface area contributed by atoms with Gasteiger partial charge in [-0.2, -0.15) is 0 Å². The Labute approximate surface area is 200 Å². The number of H-pyrrole nitrogens is 1. The van der Waals surface area contributed by atoms with E-state index >= 15 is 0 Å². The van der Waals surface area contributed by atoms with E-state index in [1.807, 2.05) is 6.92 Å². The number of fused-ring (bicyclic) bond motifs is 2. The molecule has 2 atom stereocenters. The van der Waals surface area contributed by atoms with Crippen LogP contribution in [-0.4, -0.2) is 34.1 Å². The normalized spacial score (nSPS) is 13.0. The van der Waals surface area contributed by atoms with E-state index < -0.39 is 29.6 Å². The third kappa shape index (κ3) is 4.98. The zero-order chi connectivity index (χ0) is 25.3. The molecule has 9 heteroatoms. The second-order valence-electron chi connectivity index (χ2n) is 8.47. The van der Waals surface area contributed by atoms with Gasteiger partial charge in [0.25, 0.3) is 5.91 Å². The van der Waals surface area contributed by atoms with E-state index in [4.69, 9.17) is 9.15 Å². The first-order chi connectivity index (χ1) is 16.7. The molecule has 0 aliphatic carbocycles. The second-order valence-corrected chi connectivity index (χ2v) is 8.47. The fourth-order valence-corrected chi connectivity index (χ4v) is 4.12. The van der Waals surface area contributed by atoms with Crippen LogP contribution in [0.4, 0.5) is 0 Å². The number of aromatic hydroxyl groups is 1. The minimum Gasteiger partial charge on any atom is -0.548 e. The lowest BCUT2D eigenvalue weighted by Crippen LogP contribution is -2.52. The molecule has 4 rings (SSSR count). The van der Waals surface area contributed by atoms with Crippen LogP contribution < -0.4 is 20.8 Å². The van der Waals surface area contributed by atoms with Crippen LogP contribution in [0.15, 0.2) is 51.8 Å². The Kier molecular flexibility index (Phi) is 6.50. The first-order valence-electron chi connectivity index (χ1n) is 11.2. The van der Waals surface area contributed by atoms with Gasteiger partial charge in [0, 0.05) is 29.6 Å². The molecule has 2 heterocycles. The summed E-state index contributed by atoms with van der Waals surface area (Å²) in [4.78, 5) is 39.6. The number of aryl methyl sites for hydroxylation is 2. The molecule has 0 saturated heterocycles. The molecule has 9 nitrogen and oxygen atoms in total. The van der Waals surface area contributed by atoms with Gasteiger partial charge in [0.1, 0.15) is 17.1 Å². The maximum atomic E-state index is 12.9. The molecule has 1 amide bonds. The van der Waals surface area contributed by atoms with Gasteiger partial charge in [-0.25, -0.2) is 4.79 Å². The summed E-state index contributed by atoms with van der Waals surface area (Å²) in [6.45, 7) is 5.20. The number of benzene rings is 2. The van der Waals surface area contributed by atoms with Crippen molar-refractivity contribution < 1.29 is 29.0 Å². The third-order valence-electron chi connectivity index (χ3n) is 5.86. The Morgan fingerprint density at radius 3 is 2.69 bits per heavy atom. The van der Waals surface area contributed by atoms with Crippen LogP contribution in [0, 0.1) is 6.92 Å². The number of rotatable bonds is 8. The van der Waals surface area contributed by atoms with E-state index in [2.05, 4.69) is 10.3 Å². The van der Waals surface area contributed by atoms with Gasteiger partial charge in [-0.1, -0.05) is 6.92 Å². The third-order valence-corrected chi connectivity index (χ3v) is 5.86. The molecule has 2 aromatic carbocycles. The lowest BCUT2D eigenvalue weighted by atomic mass is 10.0. The Bertz CT molecular complexity index is 1480. The number of phenols is 1. The number of hydrogen-bond donors (Lipinski definition) is 3. The number of carbonyl (C=O) groups excluding carboxylic acids is 2. The Morgan fingerprint density at radius 2 is 1.97 bits per heavy atom. The zero-order valence-corrected chi connectivity index (χ0v) is 19.5. The zero-order valence-electron chi connectivity index (χ0n) is 19.5. The maximum absolute atomic E-state index is 12.9. The molecule has 0 radical (unpaired) electrons. The highest BCUT2D eigenvalue weighted by Gasteiger charge is 2.23. The molecule has 0 saturated carbocycles. The fraction of sp³-hybridized carbons (Fsp3) is 0.269. The number of aromatic nitrogens is 1. The van der Waals surface area contributed by atoms with Crippen molar-refractivity contribution in [3.05, 3.63) is 69.7 Å². The minimum absolute atomic E-state index is 0.0436. The Morgan fingerprint density at radius 1 is 1.20 bits per heavy atom. The van der Waals surface area contributed by atoms with Gasteiger partial charge < -0.3 is 34.5 Å². The number of carboxylic acid groups (broad SMARTS) is 1. The van der Waals surface area contributed by atoms with Crippen molar-refractivity contribution in [3.63, 3.8) is 0 Å². The molecule has 0 bridgehead atoms. The Hall–Kier alpha value is -4.27. The number of aromatic amines is 1. The van der Waals surface area contributed by atoms with E-state index in [0.29, 0.717) is 39.7 Å². The number of aliphatic carboxylic acids is 1. The quantitative estimate of drug-likeness (QED) is 0.330.